The zero-order valence-electron chi connectivity index (χ0n) is 11.7. The molecule has 0 saturated heterocycles. The Morgan fingerprint density at radius 3 is 2.42 bits per heavy atom. The number of hydrogen-bond donors (Lipinski definition) is 1. The zero-order chi connectivity index (χ0) is 14.8. The maximum Gasteiger partial charge on any atom is 0.167 e. The lowest BCUT2D eigenvalue weighted by atomic mass is 10.2. The maximum atomic E-state index is 13.5. The van der Waals surface area contributed by atoms with Crippen LogP contribution in [-0.4, -0.2) is 25.5 Å². The Hall–Kier alpha value is -1.30. The van der Waals surface area contributed by atoms with Crippen molar-refractivity contribution in [3.63, 3.8) is 0 Å². The van der Waals surface area contributed by atoms with Crippen LogP contribution >= 0.6 is 0 Å². The van der Waals surface area contributed by atoms with Gasteiger partial charge in [-0.1, -0.05) is 0 Å². The van der Waals surface area contributed by atoms with E-state index in [1.54, 1.807) is 27.7 Å². The second kappa shape index (κ2) is 5.36. The number of hydrogen-bond acceptors (Lipinski definition) is 4. The van der Waals surface area contributed by atoms with Gasteiger partial charge in [0.15, 0.2) is 21.4 Å². The molecule has 1 aromatic carbocycles. The van der Waals surface area contributed by atoms with Gasteiger partial charge in [0.05, 0.1) is 10.5 Å². The summed E-state index contributed by atoms with van der Waals surface area (Å²) in [6.45, 7) is 6.51. The average Bonchev–Trinajstić information content (AvgIpc) is 2.23. The van der Waals surface area contributed by atoms with Gasteiger partial charge in [-0.2, -0.15) is 0 Å². The predicted molar refractivity (Wildman–Crippen MR) is 74.6 cm³/mol. The minimum atomic E-state index is -3.27. The number of benzene rings is 1. The molecule has 0 unspecified atom stereocenters. The van der Waals surface area contributed by atoms with Crippen molar-refractivity contribution in [2.75, 3.05) is 18.1 Å². The largest absolute Gasteiger partial charge is 0.489 e. The van der Waals surface area contributed by atoms with Gasteiger partial charge in [-0.3, -0.25) is 0 Å². The molecule has 0 aliphatic rings. The monoisotopic (exact) mass is 289 g/mol. The third-order valence-corrected chi connectivity index (χ3v) is 5.43. The molecule has 0 atom stereocenters. The molecule has 108 valence electrons. The SMILES string of the molecule is Cc1cc(OCCS(=O)(=O)C(C)(C)C)c(F)cc1N. The summed E-state index contributed by atoms with van der Waals surface area (Å²) in [5.41, 5.74) is 6.58. The van der Waals surface area contributed by atoms with Crippen LogP contribution in [0.5, 0.6) is 5.75 Å². The van der Waals surface area contributed by atoms with Gasteiger partial charge in [0.25, 0.3) is 0 Å². The first kappa shape index (κ1) is 15.8. The van der Waals surface area contributed by atoms with Crippen molar-refractivity contribution in [3.8, 4) is 5.75 Å². The molecule has 6 heteroatoms. The zero-order valence-corrected chi connectivity index (χ0v) is 12.5. The highest BCUT2D eigenvalue weighted by atomic mass is 32.2. The Balaban J connectivity index is 2.72. The number of nitrogen functional groups attached to an aromatic ring is 1. The van der Waals surface area contributed by atoms with Crippen molar-refractivity contribution in [1.29, 1.82) is 0 Å². The van der Waals surface area contributed by atoms with Gasteiger partial charge in [-0.05, 0) is 39.3 Å². The Morgan fingerprint density at radius 1 is 1.32 bits per heavy atom. The highest BCUT2D eigenvalue weighted by Gasteiger charge is 2.28. The number of rotatable bonds is 4. The van der Waals surface area contributed by atoms with E-state index in [1.807, 2.05) is 0 Å². The third kappa shape index (κ3) is 3.83. The molecule has 0 radical (unpaired) electrons. The van der Waals surface area contributed by atoms with Crippen molar-refractivity contribution in [2.45, 2.75) is 32.4 Å². The van der Waals surface area contributed by atoms with E-state index in [-0.39, 0.29) is 18.1 Å². The molecule has 4 nitrogen and oxygen atoms in total. The summed E-state index contributed by atoms with van der Waals surface area (Å²) < 4.78 is 41.6. The number of anilines is 1. The van der Waals surface area contributed by atoms with Gasteiger partial charge in [0.1, 0.15) is 6.61 Å². The summed E-state index contributed by atoms with van der Waals surface area (Å²) in [4.78, 5) is 0. The fourth-order valence-corrected chi connectivity index (χ4v) is 2.26. The van der Waals surface area contributed by atoms with E-state index < -0.39 is 20.4 Å². The van der Waals surface area contributed by atoms with Gasteiger partial charge in [-0.15, -0.1) is 0 Å². The summed E-state index contributed by atoms with van der Waals surface area (Å²) in [6, 6.07) is 2.64. The van der Waals surface area contributed by atoms with Crippen LogP contribution in [0.4, 0.5) is 10.1 Å². The topological polar surface area (TPSA) is 69.4 Å². The van der Waals surface area contributed by atoms with Crippen LogP contribution in [0, 0.1) is 12.7 Å². The molecule has 0 aliphatic carbocycles. The molecule has 0 saturated carbocycles. The van der Waals surface area contributed by atoms with E-state index in [0.717, 1.165) is 0 Å². The smallest absolute Gasteiger partial charge is 0.167 e. The molecule has 0 aromatic heterocycles. The van der Waals surface area contributed by atoms with Crippen molar-refractivity contribution in [2.24, 2.45) is 0 Å². The molecular weight excluding hydrogens is 269 g/mol. The van der Waals surface area contributed by atoms with Crippen LogP contribution in [0.15, 0.2) is 12.1 Å². The van der Waals surface area contributed by atoms with Crippen LogP contribution in [0.25, 0.3) is 0 Å². The molecule has 2 N–H and O–H groups in total. The maximum absolute atomic E-state index is 13.5. The predicted octanol–water partition coefficient (Wildman–Crippen LogP) is 2.31. The average molecular weight is 289 g/mol. The highest BCUT2D eigenvalue weighted by molar-refractivity contribution is 7.92. The molecule has 19 heavy (non-hydrogen) atoms. The third-order valence-electron chi connectivity index (χ3n) is 2.86. The summed E-state index contributed by atoms with van der Waals surface area (Å²) in [6.07, 6.45) is 0. The number of halogens is 1. The molecule has 0 heterocycles. The summed E-state index contributed by atoms with van der Waals surface area (Å²) >= 11 is 0. The van der Waals surface area contributed by atoms with Crippen molar-refractivity contribution in [3.05, 3.63) is 23.5 Å². The van der Waals surface area contributed by atoms with Crippen LogP contribution < -0.4 is 10.5 Å². The first-order valence-electron chi connectivity index (χ1n) is 5.95. The van der Waals surface area contributed by atoms with E-state index in [4.69, 9.17) is 10.5 Å². The highest BCUT2D eigenvalue weighted by Crippen LogP contribution is 2.24. The van der Waals surface area contributed by atoms with Gasteiger partial charge >= 0.3 is 0 Å². The summed E-state index contributed by atoms with van der Waals surface area (Å²) in [5, 5.41) is 0. The van der Waals surface area contributed by atoms with E-state index in [0.29, 0.717) is 11.3 Å². The van der Waals surface area contributed by atoms with E-state index in [1.165, 1.54) is 12.1 Å². The Morgan fingerprint density at radius 2 is 1.89 bits per heavy atom. The lowest BCUT2D eigenvalue weighted by molar-refractivity contribution is 0.321. The van der Waals surface area contributed by atoms with E-state index >= 15 is 0 Å². The minimum Gasteiger partial charge on any atom is -0.489 e. The first-order chi connectivity index (χ1) is 8.54. The van der Waals surface area contributed by atoms with Crippen molar-refractivity contribution >= 4 is 15.5 Å². The fourth-order valence-electron chi connectivity index (χ4n) is 1.35. The molecule has 1 aromatic rings. The Kier molecular flexibility index (Phi) is 4.45. The van der Waals surface area contributed by atoms with Crippen LogP contribution in [0.3, 0.4) is 0 Å². The molecule has 0 aliphatic heterocycles. The summed E-state index contributed by atoms with van der Waals surface area (Å²) in [7, 11) is -3.27. The lowest BCUT2D eigenvalue weighted by Crippen LogP contribution is -2.32. The normalized spacial score (nSPS) is 12.5. The summed E-state index contributed by atoms with van der Waals surface area (Å²) in [5.74, 6) is -0.716. The second-order valence-electron chi connectivity index (χ2n) is 5.42. The molecule has 0 bridgehead atoms. The second-order valence-corrected chi connectivity index (χ2v) is 8.28. The molecule has 0 spiro atoms. The quantitative estimate of drug-likeness (QED) is 0.864. The minimum absolute atomic E-state index is 0.0239. The first-order valence-corrected chi connectivity index (χ1v) is 7.60. The van der Waals surface area contributed by atoms with Gasteiger partial charge < -0.3 is 10.5 Å². The van der Waals surface area contributed by atoms with Crippen molar-refractivity contribution in [1.82, 2.24) is 0 Å². The van der Waals surface area contributed by atoms with Crippen LogP contribution in [0.1, 0.15) is 26.3 Å². The van der Waals surface area contributed by atoms with Gasteiger partial charge in [0.2, 0.25) is 0 Å². The van der Waals surface area contributed by atoms with Gasteiger partial charge in [0, 0.05) is 11.8 Å². The number of aryl methyl sites for hydroxylation is 1. The van der Waals surface area contributed by atoms with Crippen LogP contribution in [0.2, 0.25) is 0 Å². The van der Waals surface area contributed by atoms with Crippen LogP contribution in [-0.2, 0) is 9.84 Å². The Labute approximate surface area is 113 Å². The lowest BCUT2D eigenvalue weighted by Gasteiger charge is -2.19. The van der Waals surface area contributed by atoms with Gasteiger partial charge in [-0.25, -0.2) is 12.8 Å². The molecule has 0 fully saturated rings. The number of sulfone groups is 1. The molecular formula is C13H20FNO3S. The fraction of sp³-hybridized carbons (Fsp3) is 0.538. The molecule has 0 amide bonds. The van der Waals surface area contributed by atoms with E-state index in [9.17, 15) is 12.8 Å². The number of ether oxygens (including phenoxy) is 1. The standard InChI is InChI=1S/C13H20FNO3S/c1-9-7-12(10(14)8-11(9)15)18-5-6-19(16,17)13(2,3)4/h7-8H,5-6,15H2,1-4H3. The molecule has 1 rings (SSSR count). The Bertz CT molecular complexity index is 562. The van der Waals surface area contributed by atoms with E-state index in [2.05, 4.69) is 0 Å². The number of nitrogens with two attached hydrogens (primary N) is 1. The van der Waals surface area contributed by atoms with Crippen molar-refractivity contribution < 1.29 is 17.5 Å².